The molecule has 0 amide bonds. The van der Waals surface area contributed by atoms with Gasteiger partial charge in [0.1, 0.15) is 6.61 Å². The molecular weight excluding hydrogens is 274 g/mol. The maximum Gasteiger partial charge on any atom is 0.315 e. The lowest BCUT2D eigenvalue weighted by Gasteiger charge is -2.20. The molecule has 1 atom stereocenters. The van der Waals surface area contributed by atoms with Crippen LogP contribution in [0.25, 0.3) is 0 Å². The first-order chi connectivity index (χ1) is 8.77. The molecule has 1 rings (SSSR count). The summed E-state index contributed by atoms with van der Waals surface area (Å²) in [5, 5.41) is 12.6. The molecule has 6 heteroatoms. The number of hydrogen-bond acceptors (Lipinski definition) is 5. The summed E-state index contributed by atoms with van der Waals surface area (Å²) >= 11 is 6.95. The number of alkyl halides is 1. The predicted octanol–water partition coefficient (Wildman–Crippen LogP) is 3.05. The van der Waals surface area contributed by atoms with Crippen molar-refractivity contribution in [1.82, 2.24) is 0 Å². The van der Waals surface area contributed by atoms with Gasteiger partial charge in [0.15, 0.2) is 0 Å². The SMILES string of the molecule is O=C(CSC1CCCCCCC1=NO)OCCCl. The van der Waals surface area contributed by atoms with Crippen molar-refractivity contribution in [3.63, 3.8) is 0 Å². The minimum absolute atomic E-state index is 0.138. The molecule has 0 spiro atoms. The number of thioether (sulfide) groups is 1. The molecule has 104 valence electrons. The molecule has 0 aromatic carbocycles. The average molecular weight is 294 g/mol. The van der Waals surface area contributed by atoms with Crippen LogP contribution in [0.2, 0.25) is 0 Å². The Morgan fingerprint density at radius 2 is 2.22 bits per heavy atom. The second-order valence-electron chi connectivity index (χ2n) is 4.25. The van der Waals surface area contributed by atoms with E-state index in [1.807, 2.05) is 0 Å². The first-order valence-corrected chi connectivity index (χ1v) is 7.90. The summed E-state index contributed by atoms with van der Waals surface area (Å²) in [4.78, 5) is 11.4. The first-order valence-electron chi connectivity index (χ1n) is 6.32. The third-order valence-electron chi connectivity index (χ3n) is 2.89. The summed E-state index contributed by atoms with van der Waals surface area (Å²) in [6.45, 7) is 0.257. The van der Waals surface area contributed by atoms with Gasteiger partial charge >= 0.3 is 5.97 Å². The summed E-state index contributed by atoms with van der Waals surface area (Å²) in [5.41, 5.74) is 0.810. The fourth-order valence-electron chi connectivity index (χ4n) is 1.97. The van der Waals surface area contributed by atoms with Gasteiger partial charge in [-0.15, -0.1) is 23.4 Å². The molecule has 1 unspecified atom stereocenters. The second-order valence-corrected chi connectivity index (χ2v) is 5.82. The van der Waals surface area contributed by atoms with E-state index in [1.54, 1.807) is 0 Å². The highest BCUT2D eigenvalue weighted by Crippen LogP contribution is 2.25. The van der Waals surface area contributed by atoms with E-state index in [4.69, 9.17) is 21.5 Å². The third kappa shape index (κ3) is 5.96. The zero-order valence-electron chi connectivity index (χ0n) is 10.4. The zero-order valence-corrected chi connectivity index (χ0v) is 12.0. The van der Waals surface area contributed by atoms with E-state index in [0.717, 1.165) is 31.4 Å². The standard InChI is InChI=1S/C12H20ClNO3S/c13-7-8-17-12(15)9-18-11-6-4-2-1-3-5-10(11)14-16/h11,16H,1-9H2. The molecule has 0 aromatic rings. The fourth-order valence-corrected chi connectivity index (χ4v) is 3.16. The molecule has 18 heavy (non-hydrogen) atoms. The van der Waals surface area contributed by atoms with Gasteiger partial charge in [-0.1, -0.05) is 24.4 Å². The highest BCUT2D eigenvalue weighted by atomic mass is 35.5. The molecule has 1 fully saturated rings. The maximum absolute atomic E-state index is 11.4. The Labute approximate surface area is 117 Å². The smallest absolute Gasteiger partial charge is 0.315 e. The number of oxime groups is 1. The Bertz CT molecular complexity index is 286. The largest absolute Gasteiger partial charge is 0.464 e. The van der Waals surface area contributed by atoms with Gasteiger partial charge in [0, 0.05) is 5.25 Å². The summed E-state index contributed by atoms with van der Waals surface area (Å²) in [7, 11) is 0. The van der Waals surface area contributed by atoms with Crippen molar-refractivity contribution in [2.75, 3.05) is 18.2 Å². The van der Waals surface area contributed by atoms with Crippen molar-refractivity contribution in [2.45, 2.75) is 43.8 Å². The minimum Gasteiger partial charge on any atom is -0.464 e. The molecule has 1 aliphatic rings. The van der Waals surface area contributed by atoms with Crippen molar-refractivity contribution in [3.8, 4) is 0 Å². The Kier molecular flexibility index (Phi) is 8.25. The van der Waals surface area contributed by atoms with Gasteiger partial charge < -0.3 is 9.94 Å². The Hall–Kier alpha value is -0.420. The number of ether oxygens (including phenoxy) is 1. The molecule has 1 aliphatic carbocycles. The Morgan fingerprint density at radius 1 is 1.44 bits per heavy atom. The van der Waals surface area contributed by atoms with Crippen molar-refractivity contribution in [3.05, 3.63) is 0 Å². The van der Waals surface area contributed by atoms with Crippen LogP contribution in [0.5, 0.6) is 0 Å². The van der Waals surface area contributed by atoms with E-state index in [-0.39, 0.29) is 17.8 Å². The molecular formula is C12H20ClNO3S. The van der Waals surface area contributed by atoms with Crippen LogP contribution in [0.1, 0.15) is 38.5 Å². The van der Waals surface area contributed by atoms with Crippen LogP contribution < -0.4 is 0 Å². The zero-order chi connectivity index (χ0) is 13.2. The minimum atomic E-state index is -0.250. The maximum atomic E-state index is 11.4. The van der Waals surface area contributed by atoms with Crippen LogP contribution in [0.3, 0.4) is 0 Å². The molecule has 0 saturated heterocycles. The lowest BCUT2D eigenvalue weighted by atomic mass is 9.99. The van der Waals surface area contributed by atoms with Crippen molar-refractivity contribution in [1.29, 1.82) is 0 Å². The van der Waals surface area contributed by atoms with Gasteiger partial charge in [-0.3, -0.25) is 4.79 Å². The van der Waals surface area contributed by atoms with Crippen molar-refractivity contribution >= 4 is 35.0 Å². The molecule has 1 saturated carbocycles. The molecule has 1 N–H and O–H groups in total. The van der Waals surface area contributed by atoms with Crippen LogP contribution in [0.15, 0.2) is 5.16 Å². The summed E-state index contributed by atoms with van der Waals surface area (Å²) in [6, 6.07) is 0. The third-order valence-corrected chi connectivity index (χ3v) is 4.36. The van der Waals surface area contributed by atoms with Gasteiger partial charge in [0.05, 0.1) is 17.3 Å². The Balaban J connectivity index is 2.38. The van der Waals surface area contributed by atoms with Gasteiger partial charge in [-0.05, 0) is 19.3 Å². The normalized spacial score (nSPS) is 23.4. The van der Waals surface area contributed by atoms with Crippen molar-refractivity contribution < 1.29 is 14.7 Å². The van der Waals surface area contributed by atoms with Crippen LogP contribution in [-0.2, 0) is 9.53 Å². The number of carbonyl (C=O) groups is 1. The number of rotatable bonds is 5. The number of carbonyl (C=O) groups excluding carboxylic acids is 1. The summed E-state index contributed by atoms with van der Waals surface area (Å²) in [5.74, 6) is 0.365. The van der Waals surface area contributed by atoms with Gasteiger partial charge in [0.2, 0.25) is 0 Å². The van der Waals surface area contributed by atoms with E-state index >= 15 is 0 Å². The van der Waals surface area contributed by atoms with Crippen LogP contribution >= 0.6 is 23.4 Å². The molecule has 0 radical (unpaired) electrons. The van der Waals surface area contributed by atoms with E-state index in [1.165, 1.54) is 24.6 Å². The number of nitrogens with zero attached hydrogens (tertiary/aromatic N) is 1. The lowest BCUT2D eigenvalue weighted by molar-refractivity contribution is -0.139. The van der Waals surface area contributed by atoms with Gasteiger partial charge in [-0.2, -0.15) is 0 Å². The van der Waals surface area contributed by atoms with E-state index in [0.29, 0.717) is 11.6 Å². The van der Waals surface area contributed by atoms with Crippen molar-refractivity contribution in [2.24, 2.45) is 5.16 Å². The Morgan fingerprint density at radius 3 is 2.94 bits per heavy atom. The van der Waals surface area contributed by atoms with E-state index < -0.39 is 0 Å². The van der Waals surface area contributed by atoms with E-state index in [2.05, 4.69) is 5.16 Å². The lowest BCUT2D eigenvalue weighted by Crippen LogP contribution is -2.22. The van der Waals surface area contributed by atoms with Crippen LogP contribution in [0.4, 0.5) is 0 Å². The fraction of sp³-hybridized carbons (Fsp3) is 0.833. The quantitative estimate of drug-likeness (QED) is 0.366. The van der Waals surface area contributed by atoms with Crippen LogP contribution in [0, 0.1) is 0 Å². The second kappa shape index (κ2) is 9.50. The highest BCUT2D eigenvalue weighted by molar-refractivity contribution is 8.01. The molecule has 0 aliphatic heterocycles. The van der Waals surface area contributed by atoms with Gasteiger partial charge in [-0.25, -0.2) is 0 Å². The number of halogens is 1. The molecule has 4 nitrogen and oxygen atoms in total. The number of hydrogen-bond donors (Lipinski definition) is 1. The molecule has 0 bridgehead atoms. The molecule has 0 heterocycles. The average Bonchev–Trinajstić information content (AvgIpc) is 2.35. The van der Waals surface area contributed by atoms with E-state index in [9.17, 15) is 4.79 Å². The van der Waals surface area contributed by atoms with Gasteiger partial charge in [0.25, 0.3) is 0 Å². The topological polar surface area (TPSA) is 58.9 Å². The number of esters is 1. The first kappa shape index (κ1) is 15.6. The highest BCUT2D eigenvalue weighted by Gasteiger charge is 2.20. The summed E-state index contributed by atoms with van der Waals surface area (Å²) in [6.07, 6.45) is 6.37. The predicted molar refractivity (Wildman–Crippen MR) is 74.8 cm³/mol. The summed E-state index contributed by atoms with van der Waals surface area (Å²) < 4.78 is 4.91. The monoisotopic (exact) mass is 293 g/mol. The molecule has 0 aromatic heterocycles. The van der Waals surface area contributed by atoms with Crippen LogP contribution in [-0.4, -0.2) is 40.4 Å².